The lowest BCUT2D eigenvalue weighted by Gasteiger charge is -2.08. The number of anilines is 1. The zero-order valence-corrected chi connectivity index (χ0v) is 11.6. The standard InChI is InChI=1S/C15H10N2O3S/c18-13(17-15-16-7-8-21-15)10-5-1-3-9-4-2-6-11(12(9)10)14(19)20/h1-8H,(H,19,20)(H,16,17,18). The van der Waals surface area contributed by atoms with E-state index in [1.807, 2.05) is 0 Å². The van der Waals surface area contributed by atoms with Gasteiger partial charge >= 0.3 is 5.97 Å². The molecule has 0 unspecified atom stereocenters. The van der Waals surface area contributed by atoms with Gasteiger partial charge in [0.1, 0.15) is 0 Å². The van der Waals surface area contributed by atoms with Gasteiger partial charge in [-0.15, -0.1) is 11.3 Å². The third-order valence-corrected chi connectivity index (χ3v) is 3.72. The van der Waals surface area contributed by atoms with Gasteiger partial charge in [0.15, 0.2) is 5.13 Å². The predicted molar refractivity (Wildman–Crippen MR) is 81.0 cm³/mol. The molecular weight excluding hydrogens is 288 g/mol. The van der Waals surface area contributed by atoms with Crippen molar-refractivity contribution in [3.05, 3.63) is 59.1 Å². The summed E-state index contributed by atoms with van der Waals surface area (Å²) in [6, 6.07) is 10.0. The van der Waals surface area contributed by atoms with Crippen molar-refractivity contribution in [1.29, 1.82) is 0 Å². The Balaban J connectivity index is 2.13. The van der Waals surface area contributed by atoms with Crippen LogP contribution in [0.1, 0.15) is 20.7 Å². The summed E-state index contributed by atoms with van der Waals surface area (Å²) in [7, 11) is 0. The number of amides is 1. The zero-order chi connectivity index (χ0) is 14.8. The van der Waals surface area contributed by atoms with Crippen LogP contribution in [-0.4, -0.2) is 22.0 Å². The van der Waals surface area contributed by atoms with Crippen LogP contribution in [0.15, 0.2) is 48.0 Å². The molecule has 0 saturated heterocycles. The Morgan fingerprint density at radius 2 is 1.81 bits per heavy atom. The van der Waals surface area contributed by atoms with Gasteiger partial charge in [0.05, 0.1) is 5.56 Å². The van der Waals surface area contributed by atoms with E-state index in [0.29, 0.717) is 21.5 Å². The number of carboxylic acids is 1. The van der Waals surface area contributed by atoms with Crippen LogP contribution in [0.25, 0.3) is 10.8 Å². The van der Waals surface area contributed by atoms with E-state index in [2.05, 4.69) is 10.3 Å². The molecule has 1 aromatic heterocycles. The molecule has 0 fully saturated rings. The van der Waals surface area contributed by atoms with Crippen molar-refractivity contribution >= 4 is 39.1 Å². The van der Waals surface area contributed by atoms with E-state index in [-0.39, 0.29) is 11.5 Å². The SMILES string of the molecule is O=C(O)c1cccc2cccc(C(=O)Nc3nccs3)c12. The summed E-state index contributed by atoms with van der Waals surface area (Å²) in [6.45, 7) is 0. The van der Waals surface area contributed by atoms with Crippen LogP contribution in [-0.2, 0) is 0 Å². The molecule has 0 radical (unpaired) electrons. The predicted octanol–water partition coefficient (Wildman–Crippen LogP) is 3.25. The van der Waals surface area contributed by atoms with Gasteiger partial charge in [-0.2, -0.15) is 0 Å². The van der Waals surface area contributed by atoms with Crippen molar-refractivity contribution in [2.24, 2.45) is 0 Å². The Kier molecular flexibility index (Phi) is 3.37. The largest absolute Gasteiger partial charge is 0.478 e. The van der Waals surface area contributed by atoms with Crippen LogP contribution < -0.4 is 5.32 Å². The first kappa shape index (κ1) is 13.3. The molecule has 3 rings (SSSR count). The van der Waals surface area contributed by atoms with Gasteiger partial charge in [0.25, 0.3) is 5.91 Å². The summed E-state index contributed by atoms with van der Waals surface area (Å²) in [4.78, 5) is 27.7. The number of carbonyl (C=O) groups is 2. The number of nitrogens with one attached hydrogen (secondary N) is 1. The molecule has 2 N–H and O–H groups in total. The number of hydrogen-bond donors (Lipinski definition) is 2. The number of benzene rings is 2. The van der Waals surface area contributed by atoms with Gasteiger partial charge < -0.3 is 5.11 Å². The van der Waals surface area contributed by atoms with Gasteiger partial charge in [0, 0.05) is 22.5 Å². The maximum absolute atomic E-state index is 12.4. The van der Waals surface area contributed by atoms with Crippen LogP contribution in [0.5, 0.6) is 0 Å². The first-order valence-corrected chi connectivity index (χ1v) is 7.00. The average molecular weight is 298 g/mol. The second-order valence-electron chi connectivity index (χ2n) is 4.31. The molecule has 1 amide bonds. The second kappa shape index (κ2) is 5.34. The lowest BCUT2D eigenvalue weighted by molar-refractivity contribution is 0.0699. The van der Waals surface area contributed by atoms with E-state index < -0.39 is 5.97 Å². The van der Waals surface area contributed by atoms with E-state index >= 15 is 0 Å². The Bertz CT molecular complexity index is 823. The van der Waals surface area contributed by atoms with E-state index in [4.69, 9.17) is 0 Å². The first-order chi connectivity index (χ1) is 10.2. The summed E-state index contributed by atoms with van der Waals surface area (Å²) in [5, 5.41) is 15.3. The van der Waals surface area contributed by atoms with E-state index in [1.54, 1.807) is 41.9 Å². The van der Waals surface area contributed by atoms with E-state index in [9.17, 15) is 14.7 Å². The lowest BCUT2D eigenvalue weighted by Crippen LogP contribution is -2.13. The van der Waals surface area contributed by atoms with Crippen molar-refractivity contribution in [2.75, 3.05) is 5.32 Å². The molecule has 0 saturated carbocycles. The van der Waals surface area contributed by atoms with Crippen LogP contribution in [0, 0.1) is 0 Å². The minimum atomic E-state index is -1.06. The summed E-state index contributed by atoms with van der Waals surface area (Å²) in [5.41, 5.74) is 0.429. The van der Waals surface area contributed by atoms with E-state index in [1.165, 1.54) is 17.4 Å². The average Bonchev–Trinajstić information content (AvgIpc) is 2.98. The Labute approximate surface area is 123 Å². The third-order valence-electron chi connectivity index (χ3n) is 3.03. The monoisotopic (exact) mass is 298 g/mol. The fourth-order valence-electron chi connectivity index (χ4n) is 2.16. The van der Waals surface area contributed by atoms with Crippen LogP contribution in [0.2, 0.25) is 0 Å². The van der Waals surface area contributed by atoms with Crippen molar-refractivity contribution in [3.63, 3.8) is 0 Å². The van der Waals surface area contributed by atoms with Crippen molar-refractivity contribution < 1.29 is 14.7 Å². The molecule has 0 aliphatic rings. The smallest absolute Gasteiger partial charge is 0.336 e. The molecule has 0 spiro atoms. The maximum atomic E-state index is 12.4. The molecular formula is C15H10N2O3S. The van der Waals surface area contributed by atoms with Crippen LogP contribution in [0.4, 0.5) is 5.13 Å². The van der Waals surface area contributed by atoms with Crippen LogP contribution >= 0.6 is 11.3 Å². The zero-order valence-electron chi connectivity index (χ0n) is 10.7. The molecule has 0 bridgehead atoms. The molecule has 21 heavy (non-hydrogen) atoms. The number of rotatable bonds is 3. The Hall–Kier alpha value is -2.73. The number of thiazole rings is 1. The Morgan fingerprint density at radius 3 is 2.43 bits per heavy atom. The fourth-order valence-corrected chi connectivity index (χ4v) is 2.68. The number of carboxylic acid groups (broad SMARTS) is 1. The van der Waals surface area contributed by atoms with Gasteiger partial charge in [-0.3, -0.25) is 10.1 Å². The maximum Gasteiger partial charge on any atom is 0.336 e. The number of hydrogen-bond acceptors (Lipinski definition) is 4. The topological polar surface area (TPSA) is 79.3 Å². The minimum absolute atomic E-state index is 0.109. The van der Waals surface area contributed by atoms with Crippen molar-refractivity contribution in [2.45, 2.75) is 0 Å². The number of nitrogens with zero attached hydrogens (tertiary/aromatic N) is 1. The summed E-state index contributed by atoms with van der Waals surface area (Å²) >= 11 is 1.30. The van der Waals surface area contributed by atoms with Crippen LogP contribution in [0.3, 0.4) is 0 Å². The quantitative estimate of drug-likeness (QED) is 0.778. The fraction of sp³-hybridized carbons (Fsp3) is 0. The van der Waals surface area contributed by atoms with Gasteiger partial charge in [0.2, 0.25) is 0 Å². The molecule has 0 aliphatic carbocycles. The molecule has 0 aliphatic heterocycles. The first-order valence-electron chi connectivity index (χ1n) is 6.12. The Morgan fingerprint density at radius 1 is 1.10 bits per heavy atom. The summed E-state index contributed by atoms with van der Waals surface area (Å²) in [6.07, 6.45) is 1.59. The van der Waals surface area contributed by atoms with Crippen molar-refractivity contribution in [3.8, 4) is 0 Å². The molecule has 5 nitrogen and oxygen atoms in total. The molecule has 2 aromatic carbocycles. The van der Waals surface area contributed by atoms with E-state index in [0.717, 1.165) is 0 Å². The summed E-state index contributed by atoms with van der Waals surface area (Å²) < 4.78 is 0. The highest BCUT2D eigenvalue weighted by atomic mass is 32.1. The number of carbonyl (C=O) groups excluding carboxylic acids is 1. The molecule has 3 aromatic rings. The van der Waals surface area contributed by atoms with Gasteiger partial charge in [-0.25, -0.2) is 9.78 Å². The number of fused-ring (bicyclic) bond motifs is 1. The normalized spacial score (nSPS) is 10.5. The molecule has 0 atom stereocenters. The lowest BCUT2D eigenvalue weighted by atomic mass is 9.99. The highest BCUT2D eigenvalue weighted by molar-refractivity contribution is 7.13. The molecule has 6 heteroatoms. The molecule has 104 valence electrons. The highest BCUT2D eigenvalue weighted by Crippen LogP contribution is 2.24. The van der Waals surface area contributed by atoms with Crippen molar-refractivity contribution in [1.82, 2.24) is 4.98 Å². The number of aromatic nitrogens is 1. The second-order valence-corrected chi connectivity index (χ2v) is 5.20. The van der Waals surface area contributed by atoms with Gasteiger partial charge in [-0.1, -0.05) is 24.3 Å². The summed E-state index contributed by atoms with van der Waals surface area (Å²) in [5.74, 6) is -1.43. The van der Waals surface area contributed by atoms with Gasteiger partial charge in [-0.05, 0) is 17.5 Å². The third kappa shape index (κ3) is 2.48. The molecule has 1 heterocycles. The minimum Gasteiger partial charge on any atom is -0.478 e. The highest BCUT2D eigenvalue weighted by Gasteiger charge is 2.16. The number of aromatic carboxylic acids is 1.